The summed E-state index contributed by atoms with van der Waals surface area (Å²) in [4.78, 5) is 8.19. The second kappa shape index (κ2) is 5.27. The predicted octanol–water partition coefficient (Wildman–Crippen LogP) is 5.13. The molecule has 2 nitrogen and oxygen atoms in total. The van der Waals surface area contributed by atoms with Crippen molar-refractivity contribution < 1.29 is 13.2 Å². The van der Waals surface area contributed by atoms with Crippen LogP contribution in [-0.2, 0) is 0 Å². The highest BCUT2D eigenvalue weighted by molar-refractivity contribution is 9.10. The van der Waals surface area contributed by atoms with Crippen LogP contribution in [0, 0.1) is 17.5 Å². The number of nitrogens with zero attached hydrogens (tertiary/aromatic N) is 2. The van der Waals surface area contributed by atoms with E-state index in [1.54, 1.807) is 18.2 Å². The normalized spacial score (nSPS) is 11.1. The molecule has 0 spiro atoms. The zero-order valence-corrected chi connectivity index (χ0v) is 12.5. The van der Waals surface area contributed by atoms with E-state index in [9.17, 15) is 13.2 Å². The largest absolute Gasteiger partial charge is 0.228 e. The van der Waals surface area contributed by atoms with Gasteiger partial charge in [-0.25, -0.2) is 23.1 Å². The molecule has 1 aromatic heterocycles. The molecular formula is C14H5BrClF3N2. The first-order valence-electron chi connectivity index (χ1n) is 5.73. The first kappa shape index (κ1) is 14.3. The van der Waals surface area contributed by atoms with Gasteiger partial charge in [-0.1, -0.05) is 27.5 Å². The number of aromatic nitrogens is 2. The van der Waals surface area contributed by atoms with E-state index in [1.807, 2.05) is 0 Å². The van der Waals surface area contributed by atoms with Crippen LogP contribution in [-0.4, -0.2) is 9.97 Å². The van der Waals surface area contributed by atoms with E-state index >= 15 is 0 Å². The third-order valence-electron chi connectivity index (χ3n) is 2.85. The average Bonchev–Trinajstić information content (AvgIpc) is 2.44. The van der Waals surface area contributed by atoms with Crippen LogP contribution in [0.15, 0.2) is 34.8 Å². The van der Waals surface area contributed by atoms with Crippen molar-refractivity contribution in [2.75, 3.05) is 0 Å². The molecule has 0 aliphatic rings. The molecule has 106 valence electrons. The molecule has 7 heteroatoms. The SMILES string of the molecule is Fc1cc(-c2nc(Cl)c3cc(Br)ccc3n2)cc(F)c1F. The van der Waals surface area contributed by atoms with Crippen LogP contribution in [0.5, 0.6) is 0 Å². The Hall–Kier alpha value is -1.66. The number of fused-ring (bicyclic) bond motifs is 1. The molecular weight excluding hydrogens is 369 g/mol. The van der Waals surface area contributed by atoms with Gasteiger partial charge in [-0.2, -0.15) is 0 Å². The van der Waals surface area contributed by atoms with Crippen LogP contribution < -0.4 is 0 Å². The molecule has 0 amide bonds. The molecule has 0 aliphatic heterocycles. The van der Waals surface area contributed by atoms with Crippen molar-refractivity contribution in [1.29, 1.82) is 0 Å². The quantitative estimate of drug-likeness (QED) is 0.436. The molecule has 0 aliphatic carbocycles. The van der Waals surface area contributed by atoms with E-state index in [1.165, 1.54) is 0 Å². The Kier molecular flexibility index (Phi) is 3.59. The van der Waals surface area contributed by atoms with Crippen molar-refractivity contribution in [1.82, 2.24) is 9.97 Å². The van der Waals surface area contributed by atoms with E-state index in [-0.39, 0.29) is 16.5 Å². The first-order chi connectivity index (χ1) is 9.95. The highest BCUT2D eigenvalue weighted by Crippen LogP contribution is 2.28. The van der Waals surface area contributed by atoms with E-state index < -0.39 is 17.5 Å². The predicted molar refractivity (Wildman–Crippen MR) is 77.6 cm³/mol. The molecule has 3 rings (SSSR count). The highest BCUT2D eigenvalue weighted by atomic mass is 79.9. The van der Waals surface area contributed by atoms with E-state index in [2.05, 4.69) is 25.9 Å². The van der Waals surface area contributed by atoms with Gasteiger partial charge < -0.3 is 0 Å². The fourth-order valence-corrected chi connectivity index (χ4v) is 2.47. The van der Waals surface area contributed by atoms with Crippen LogP contribution >= 0.6 is 27.5 Å². The van der Waals surface area contributed by atoms with E-state index in [4.69, 9.17) is 11.6 Å². The number of rotatable bonds is 1. The van der Waals surface area contributed by atoms with Gasteiger partial charge in [-0.05, 0) is 30.3 Å². The van der Waals surface area contributed by atoms with Crippen molar-refractivity contribution >= 4 is 38.4 Å². The second-order valence-corrected chi connectivity index (χ2v) is 5.53. The lowest BCUT2D eigenvalue weighted by atomic mass is 10.1. The fraction of sp³-hybridized carbons (Fsp3) is 0. The number of hydrogen-bond donors (Lipinski definition) is 0. The summed E-state index contributed by atoms with van der Waals surface area (Å²) in [5.74, 6) is -4.12. The second-order valence-electron chi connectivity index (χ2n) is 4.25. The van der Waals surface area contributed by atoms with Crippen LogP contribution in [0.1, 0.15) is 0 Å². The Balaban J connectivity index is 2.24. The van der Waals surface area contributed by atoms with Gasteiger partial charge in [0.05, 0.1) is 5.52 Å². The minimum atomic E-state index is -1.53. The summed E-state index contributed by atoms with van der Waals surface area (Å²) in [5.41, 5.74) is 0.525. The summed E-state index contributed by atoms with van der Waals surface area (Å²) >= 11 is 9.36. The molecule has 0 saturated carbocycles. The minimum Gasteiger partial charge on any atom is -0.228 e. The molecule has 0 atom stereocenters. The van der Waals surface area contributed by atoms with Crippen molar-refractivity contribution in [3.63, 3.8) is 0 Å². The van der Waals surface area contributed by atoms with Crippen molar-refractivity contribution in [2.45, 2.75) is 0 Å². The molecule has 0 bridgehead atoms. The molecule has 21 heavy (non-hydrogen) atoms. The Labute approximate surface area is 130 Å². The minimum absolute atomic E-state index is 0.0121. The van der Waals surface area contributed by atoms with E-state index in [0.29, 0.717) is 10.9 Å². The van der Waals surface area contributed by atoms with Gasteiger partial charge in [0.25, 0.3) is 0 Å². The first-order valence-corrected chi connectivity index (χ1v) is 6.90. The van der Waals surface area contributed by atoms with Gasteiger partial charge >= 0.3 is 0 Å². The van der Waals surface area contributed by atoms with Gasteiger partial charge in [0.1, 0.15) is 5.15 Å². The molecule has 2 aromatic carbocycles. The summed E-state index contributed by atoms with van der Waals surface area (Å²) in [7, 11) is 0. The molecule has 3 aromatic rings. The molecule has 0 fully saturated rings. The molecule has 0 N–H and O–H groups in total. The topological polar surface area (TPSA) is 25.8 Å². The van der Waals surface area contributed by atoms with Gasteiger partial charge in [0, 0.05) is 15.4 Å². The smallest absolute Gasteiger partial charge is 0.194 e. The lowest BCUT2D eigenvalue weighted by Crippen LogP contribution is -1.96. The Morgan fingerprint density at radius 1 is 0.952 bits per heavy atom. The summed E-state index contributed by atoms with van der Waals surface area (Å²) in [6.07, 6.45) is 0. The lowest BCUT2D eigenvalue weighted by Gasteiger charge is -2.06. The Morgan fingerprint density at radius 3 is 2.29 bits per heavy atom. The maximum Gasteiger partial charge on any atom is 0.194 e. The van der Waals surface area contributed by atoms with Gasteiger partial charge in [0.15, 0.2) is 23.3 Å². The molecule has 1 heterocycles. The lowest BCUT2D eigenvalue weighted by molar-refractivity contribution is 0.447. The zero-order chi connectivity index (χ0) is 15.1. The molecule has 0 saturated heterocycles. The summed E-state index contributed by atoms with van der Waals surface area (Å²) in [5, 5.41) is 0.735. The third kappa shape index (κ3) is 2.61. The maximum absolute atomic E-state index is 13.3. The van der Waals surface area contributed by atoms with Crippen molar-refractivity contribution in [2.24, 2.45) is 0 Å². The van der Waals surface area contributed by atoms with Crippen molar-refractivity contribution in [3.8, 4) is 11.4 Å². The average molecular weight is 374 g/mol. The Morgan fingerprint density at radius 2 is 1.62 bits per heavy atom. The maximum atomic E-state index is 13.3. The van der Waals surface area contributed by atoms with Gasteiger partial charge in [-0.3, -0.25) is 0 Å². The standard InChI is InChI=1S/C14H5BrClF3N2/c15-7-1-2-11-8(5-7)13(16)21-14(20-11)6-3-9(17)12(19)10(18)4-6/h1-5H. The molecule has 0 radical (unpaired) electrons. The van der Waals surface area contributed by atoms with Gasteiger partial charge in [0.2, 0.25) is 0 Å². The summed E-state index contributed by atoms with van der Waals surface area (Å²) < 4.78 is 40.3. The van der Waals surface area contributed by atoms with Crippen LogP contribution in [0.4, 0.5) is 13.2 Å². The number of hydrogen-bond acceptors (Lipinski definition) is 2. The highest BCUT2D eigenvalue weighted by Gasteiger charge is 2.15. The zero-order valence-electron chi connectivity index (χ0n) is 10.2. The monoisotopic (exact) mass is 372 g/mol. The number of halogens is 5. The van der Waals surface area contributed by atoms with Crippen molar-refractivity contribution in [3.05, 3.63) is 57.4 Å². The number of benzene rings is 2. The van der Waals surface area contributed by atoms with Crippen LogP contribution in [0.2, 0.25) is 5.15 Å². The van der Waals surface area contributed by atoms with Gasteiger partial charge in [-0.15, -0.1) is 0 Å². The molecule has 0 unspecified atom stereocenters. The van der Waals surface area contributed by atoms with Crippen LogP contribution in [0.25, 0.3) is 22.3 Å². The van der Waals surface area contributed by atoms with E-state index in [0.717, 1.165) is 16.6 Å². The summed E-state index contributed by atoms with van der Waals surface area (Å²) in [6.45, 7) is 0. The third-order valence-corrected chi connectivity index (χ3v) is 3.63. The Bertz CT molecular complexity index is 847. The fourth-order valence-electron chi connectivity index (χ4n) is 1.88. The summed E-state index contributed by atoms with van der Waals surface area (Å²) in [6, 6.07) is 6.82. The van der Waals surface area contributed by atoms with Crippen LogP contribution in [0.3, 0.4) is 0 Å².